The Morgan fingerprint density at radius 1 is 0.279 bits per heavy atom. The Morgan fingerprint density at radius 2 is 0.809 bits per heavy atom. The molecule has 68 heavy (non-hydrogen) atoms. The highest BCUT2D eigenvalue weighted by molar-refractivity contribution is 6.23. The molecule has 12 aromatic carbocycles. The van der Waals surface area contributed by atoms with E-state index < -0.39 is 0 Å². The summed E-state index contributed by atoms with van der Waals surface area (Å²) in [5, 5.41) is 9.47. The van der Waals surface area contributed by atoms with Crippen molar-refractivity contribution in [1.29, 1.82) is 0 Å². The lowest BCUT2D eigenvalue weighted by molar-refractivity contribution is 0.673. The monoisotopic (exact) mass is 865 g/mol. The van der Waals surface area contributed by atoms with Gasteiger partial charge in [0.15, 0.2) is 0 Å². The first kappa shape index (κ1) is 39.4. The van der Waals surface area contributed by atoms with Crippen molar-refractivity contribution < 1.29 is 4.42 Å². The summed E-state index contributed by atoms with van der Waals surface area (Å²) in [6, 6.07) is 94.5. The lowest BCUT2D eigenvalue weighted by atomic mass is 9.84. The van der Waals surface area contributed by atoms with Gasteiger partial charge in [-0.05, 0) is 126 Å². The zero-order valence-electron chi connectivity index (χ0n) is 37.2. The molecule has 2 nitrogen and oxygen atoms in total. The molecule has 2 heteroatoms. The first-order valence-corrected chi connectivity index (χ1v) is 23.3. The van der Waals surface area contributed by atoms with Crippen LogP contribution < -0.4 is 4.90 Å². The third-order valence-corrected chi connectivity index (χ3v) is 13.6. The molecule has 0 unspecified atom stereocenters. The molecule has 0 saturated heterocycles. The second-order valence-corrected chi connectivity index (χ2v) is 17.5. The van der Waals surface area contributed by atoms with Crippen LogP contribution in [0.25, 0.3) is 110 Å². The lowest BCUT2D eigenvalue weighted by Crippen LogP contribution is -2.11. The lowest BCUT2D eigenvalue weighted by Gasteiger charge is -2.28. The number of para-hydroxylation sites is 1. The maximum Gasteiger partial charge on any atom is 0.143 e. The molecule has 0 radical (unpaired) electrons. The van der Waals surface area contributed by atoms with Crippen LogP contribution in [-0.4, -0.2) is 0 Å². The van der Waals surface area contributed by atoms with Gasteiger partial charge in [0.05, 0.1) is 5.69 Å². The van der Waals surface area contributed by atoms with E-state index in [1.54, 1.807) is 0 Å². The molecule has 0 bridgehead atoms. The first-order chi connectivity index (χ1) is 33.7. The minimum absolute atomic E-state index is 0.874. The summed E-state index contributed by atoms with van der Waals surface area (Å²) in [6.45, 7) is 0. The summed E-state index contributed by atoms with van der Waals surface area (Å²) in [5.74, 6) is 0. The molecule has 0 atom stereocenters. The number of hydrogen-bond acceptors (Lipinski definition) is 2. The second-order valence-electron chi connectivity index (χ2n) is 17.5. The molecular weight excluding hydrogens is 823 g/mol. The van der Waals surface area contributed by atoms with Gasteiger partial charge in [-0.3, -0.25) is 0 Å². The highest BCUT2D eigenvalue weighted by Crippen LogP contribution is 2.48. The minimum Gasteiger partial charge on any atom is -0.455 e. The molecule has 1 heterocycles. The highest BCUT2D eigenvalue weighted by Gasteiger charge is 2.23. The van der Waals surface area contributed by atoms with Crippen molar-refractivity contribution in [3.63, 3.8) is 0 Å². The van der Waals surface area contributed by atoms with Crippen molar-refractivity contribution in [3.05, 3.63) is 261 Å². The molecule has 0 aliphatic carbocycles. The normalized spacial score (nSPS) is 11.5. The van der Waals surface area contributed by atoms with E-state index in [-0.39, 0.29) is 0 Å². The third-order valence-electron chi connectivity index (χ3n) is 13.6. The maximum absolute atomic E-state index is 6.73. The predicted molar refractivity (Wildman–Crippen MR) is 288 cm³/mol. The number of furan rings is 1. The SMILES string of the molecule is c1ccc(-c2ccc(N(c3cccc(-c4ccc5c(c4)c(-c4ccccc4)c(-c4ccccc4)c4ccccc45)c3)c3ccccc3-c3cccc4oc5c6ccccc6ccc5c34)cc2)cc1. The average molecular weight is 866 g/mol. The number of fused-ring (bicyclic) bond motifs is 8. The Balaban J connectivity index is 1.02. The second kappa shape index (κ2) is 16.5. The maximum atomic E-state index is 6.73. The smallest absolute Gasteiger partial charge is 0.143 e. The van der Waals surface area contributed by atoms with Crippen molar-refractivity contribution in [1.82, 2.24) is 0 Å². The van der Waals surface area contributed by atoms with Crippen LogP contribution in [0, 0.1) is 0 Å². The Hall–Kier alpha value is -8.98. The van der Waals surface area contributed by atoms with Crippen molar-refractivity contribution in [2.45, 2.75) is 0 Å². The quantitative estimate of drug-likeness (QED) is 0.142. The Kier molecular flexibility index (Phi) is 9.54. The molecule has 0 saturated carbocycles. The van der Waals surface area contributed by atoms with Gasteiger partial charge in [0, 0.05) is 33.1 Å². The Bertz CT molecular complexity index is 4000. The molecule has 1 aromatic heterocycles. The van der Waals surface area contributed by atoms with E-state index in [0.717, 1.165) is 66.6 Å². The zero-order valence-corrected chi connectivity index (χ0v) is 37.2. The van der Waals surface area contributed by atoms with Gasteiger partial charge in [0.1, 0.15) is 11.2 Å². The molecule has 13 rings (SSSR count). The van der Waals surface area contributed by atoms with Crippen LogP contribution >= 0.6 is 0 Å². The van der Waals surface area contributed by atoms with Crippen molar-refractivity contribution in [2.24, 2.45) is 0 Å². The molecule has 0 amide bonds. The fourth-order valence-corrected chi connectivity index (χ4v) is 10.5. The zero-order chi connectivity index (χ0) is 45.0. The summed E-state index contributed by atoms with van der Waals surface area (Å²) >= 11 is 0. The van der Waals surface area contributed by atoms with E-state index in [9.17, 15) is 0 Å². The summed E-state index contributed by atoms with van der Waals surface area (Å²) in [5.41, 5.74) is 16.8. The van der Waals surface area contributed by atoms with Gasteiger partial charge in [0.2, 0.25) is 0 Å². The van der Waals surface area contributed by atoms with Gasteiger partial charge >= 0.3 is 0 Å². The Morgan fingerprint density at radius 3 is 1.57 bits per heavy atom. The molecule has 318 valence electrons. The topological polar surface area (TPSA) is 16.4 Å². The van der Waals surface area contributed by atoms with Crippen LogP contribution in [0.5, 0.6) is 0 Å². The van der Waals surface area contributed by atoms with Crippen LogP contribution in [0.3, 0.4) is 0 Å². The van der Waals surface area contributed by atoms with E-state index in [4.69, 9.17) is 4.42 Å². The van der Waals surface area contributed by atoms with Crippen LogP contribution in [-0.2, 0) is 0 Å². The van der Waals surface area contributed by atoms with Crippen LogP contribution in [0.15, 0.2) is 265 Å². The minimum atomic E-state index is 0.874. The van der Waals surface area contributed by atoms with Gasteiger partial charge in [0.25, 0.3) is 0 Å². The van der Waals surface area contributed by atoms with Gasteiger partial charge in [-0.15, -0.1) is 0 Å². The van der Waals surface area contributed by atoms with Crippen LogP contribution in [0.2, 0.25) is 0 Å². The standard InChI is InChI=1S/C66H43NO/c1-4-18-44(19-5-1)45-34-38-51(39-35-45)67(61-32-15-14-29-56(61)58-31-17-33-62-65(58)59-41-36-46-20-10-11-27-53(46)66(59)68-62)52-26-16-25-49(42-52)50-37-40-55-54-28-12-13-30-57(54)63(47-21-6-2-7-22-47)64(60(55)43-50)48-23-8-3-9-24-48/h1-43H. The number of hydrogen-bond donors (Lipinski definition) is 0. The number of anilines is 3. The Labute approximate surface area is 395 Å². The molecule has 0 N–H and O–H groups in total. The number of rotatable bonds is 8. The molecule has 0 aliphatic heterocycles. The van der Waals surface area contributed by atoms with Crippen LogP contribution in [0.4, 0.5) is 17.1 Å². The van der Waals surface area contributed by atoms with Gasteiger partial charge in [-0.2, -0.15) is 0 Å². The highest BCUT2D eigenvalue weighted by atomic mass is 16.3. The molecule has 0 aliphatic rings. The van der Waals surface area contributed by atoms with Gasteiger partial charge < -0.3 is 9.32 Å². The molecule has 13 aromatic rings. The van der Waals surface area contributed by atoms with Crippen LogP contribution in [0.1, 0.15) is 0 Å². The molecular formula is C66H43NO. The summed E-state index contributed by atoms with van der Waals surface area (Å²) in [6.07, 6.45) is 0. The van der Waals surface area contributed by atoms with E-state index in [1.165, 1.54) is 60.3 Å². The predicted octanol–water partition coefficient (Wildman–Crippen LogP) is 18.9. The van der Waals surface area contributed by atoms with Gasteiger partial charge in [-0.1, -0.05) is 212 Å². The van der Waals surface area contributed by atoms with E-state index >= 15 is 0 Å². The third kappa shape index (κ3) is 6.65. The summed E-state index contributed by atoms with van der Waals surface area (Å²) < 4.78 is 6.73. The van der Waals surface area contributed by atoms with Crippen molar-refractivity contribution >= 4 is 71.3 Å². The van der Waals surface area contributed by atoms with E-state index in [1.807, 2.05) is 0 Å². The average Bonchev–Trinajstić information content (AvgIpc) is 3.81. The number of nitrogens with zero attached hydrogens (tertiary/aromatic N) is 1. The fraction of sp³-hybridized carbons (Fsp3) is 0. The van der Waals surface area contributed by atoms with E-state index in [2.05, 4.69) is 266 Å². The largest absolute Gasteiger partial charge is 0.455 e. The van der Waals surface area contributed by atoms with Gasteiger partial charge in [-0.25, -0.2) is 0 Å². The molecule has 0 fully saturated rings. The van der Waals surface area contributed by atoms with E-state index in [0.29, 0.717) is 0 Å². The number of benzene rings is 12. The molecule has 0 spiro atoms. The summed E-state index contributed by atoms with van der Waals surface area (Å²) in [4.78, 5) is 2.42. The van der Waals surface area contributed by atoms with Crippen molar-refractivity contribution in [2.75, 3.05) is 4.90 Å². The fourth-order valence-electron chi connectivity index (χ4n) is 10.5. The summed E-state index contributed by atoms with van der Waals surface area (Å²) in [7, 11) is 0. The first-order valence-electron chi connectivity index (χ1n) is 23.3. The van der Waals surface area contributed by atoms with Crippen molar-refractivity contribution in [3.8, 4) is 55.6 Å².